The summed E-state index contributed by atoms with van der Waals surface area (Å²) in [6.45, 7) is 5.59. The van der Waals surface area contributed by atoms with Crippen LogP contribution in [0.3, 0.4) is 0 Å². The summed E-state index contributed by atoms with van der Waals surface area (Å²) in [6, 6.07) is 25.4. The summed E-state index contributed by atoms with van der Waals surface area (Å²) in [4.78, 5) is 27.9. The van der Waals surface area contributed by atoms with Gasteiger partial charge in [-0.05, 0) is 56.5 Å². The largest absolute Gasteiger partial charge is 0.371 e. The van der Waals surface area contributed by atoms with E-state index in [1.165, 1.54) is 0 Å². The summed E-state index contributed by atoms with van der Waals surface area (Å²) >= 11 is 0. The number of rotatable bonds is 6. The number of amides is 2. The first-order valence-electron chi connectivity index (χ1n) is 11.6. The van der Waals surface area contributed by atoms with E-state index in [1.807, 2.05) is 92.7 Å². The second-order valence-electron chi connectivity index (χ2n) is 8.72. The van der Waals surface area contributed by atoms with Crippen LogP contribution >= 0.6 is 0 Å². The maximum Gasteiger partial charge on any atom is 0.253 e. The SMILES string of the molecule is Cc1ccc(C(=O)NC2CCN(c3ccccc3C(=O)NC(C)c3ccccc3)CC2)cc1. The van der Waals surface area contributed by atoms with Crippen molar-refractivity contribution in [3.8, 4) is 0 Å². The predicted molar refractivity (Wildman–Crippen MR) is 133 cm³/mol. The molecule has 1 atom stereocenters. The number of anilines is 1. The summed E-state index contributed by atoms with van der Waals surface area (Å²) in [5.41, 5.74) is 4.53. The summed E-state index contributed by atoms with van der Waals surface area (Å²) in [7, 11) is 0. The number of nitrogens with one attached hydrogen (secondary N) is 2. The molecule has 1 aliphatic heterocycles. The molecule has 1 fully saturated rings. The first-order chi connectivity index (χ1) is 16.0. The van der Waals surface area contributed by atoms with Crippen LogP contribution in [-0.4, -0.2) is 30.9 Å². The molecule has 3 aromatic carbocycles. The van der Waals surface area contributed by atoms with Gasteiger partial charge in [-0.3, -0.25) is 9.59 Å². The van der Waals surface area contributed by atoms with Crippen LogP contribution in [0.2, 0.25) is 0 Å². The molecule has 5 heteroatoms. The van der Waals surface area contributed by atoms with Crippen molar-refractivity contribution in [2.24, 2.45) is 0 Å². The van der Waals surface area contributed by atoms with E-state index in [-0.39, 0.29) is 23.9 Å². The molecule has 0 saturated carbocycles. The van der Waals surface area contributed by atoms with Crippen molar-refractivity contribution in [1.29, 1.82) is 0 Å². The van der Waals surface area contributed by atoms with Crippen LogP contribution in [0, 0.1) is 6.92 Å². The van der Waals surface area contributed by atoms with Gasteiger partial charge in [-0.25, -0.2) is 0 Å². The Bertz CT molecular complexity index is 1090. The number of hydrogen-bond donors (Lipinski definition) is 2. The highest BCUT2D eigenvalue weighted by Crippen LogP contribution is 2.25. The van der Waals surface area contributed by atoms with Crippen LogP contribution < -0.4 is 15.5 Å². The van der Waals surface area contributed by atoms with Gasteiger partial charge >= 0.3 is 0 Å². The molecule has 0 bridgehead atoms. The lowest BCUT2D eigenvalue weighted by Crippen LogP contribution is -2.45. The Kier molecular flexibility index (Phi) is 7.08. The number of piperidine rings is 1. The third kappa shape index (κ3) is 5.61. The van der Waals surface area contributed by atoms with E-state index in [1.54, 1.807) is 0 Å². The predicted octanol–water partition coefficient (Wildman–Crippen LogP) is 4.88. The van der Waals surface area contributed by atoms with Gasteiger partial charge in [-0.15, -0.1) is 0 Å². The number of benzene rings is 3. The summed E-state index contributed by atoms with van der Waals surface area (Å²) in [5.74, 6) is -0.0973. The van der Waals surface area contributed by atoms with Crippen molar-refractivity contribution >= 4 is 17.5 Å². The number of hydrogen-bond acceptors (Lipinski definition) is 3. The van der Waals surface area contributed by atoms with Gasteiger partial charge in [0.15, 0.2) is 0 Å². The third-order valence-electron chi connectivity index (χ3n) is 6.28. The van der Waals surface area contributed by atoms with Crippen molar-refractivity contribution in [1.82, 2.24) is 10.6 Å². The molecule has 1 saturated heterocycles. The van der Waals surface area contributed by atoms with Gasteiger partial charge in [-0.2, -0.15) is 0 Å². The third-order valence-corrected chi connectivity index (χ3v) is 6.28. The molecule has 1 heterocycles. The summed E-state index contributed by atoms with van der Waals surface area (Å²) in [5, 5.41) is 6.29. The maximum atomic E-state index is 13.1. The smallest absolute Gasteiger partial charge is 0.253 e. The standard InChI is InChI=1S/C28H31N3O2/c1-20-12-14-23(15-13-20)27(32)30-24-16-18-31(19-17-24)26-11-7-6-10-25(26)28(33)29-21(2)22-8-4-3-5-9-22/h3-15,21,24H,16-19H2,1-2H3,(H,29,33)(H,30,32). The van der Waals surface area contributed by atoms with Gasteiger partial charge in [0.1, 0.15) is 0 Å². The Labute approximate surface area is 195 Å². The lowest BCUT2D eigenvalue weighted by molar-refractivity contribution is 0.0928. The van der Waals surface area contributed by atoms with E-state index >= 15 is 0 Å². The van der Waals surface area contributed by atoms with Gasteiger partial charge in [0, 0.05) is 30.4 Å². The van der Waals surface area contributed by atoms with Crippen molar-refractivity contribution in [3.05, 3.63) is 101 Å². The average Bonchev–Trinajstić information content (AvgIpc) is 2.85. The average molecular weight is 442 g/mol. The maximum absolute atomic E-state index is 13.1. The molecule has 0 radical (unpaired) electrons. The van der Waals surface area contributed by atoms with Crippen LogP contribution in [-0.2, 0) is 0 Å². The molecule has 4 rings (SSSR count). The lowest BCUT2D eigenvalue weighted by Gasteiger charge is -2.35. The zero-order valence-electron chi connectivity index (χ0n) is 19.3. The van der Waals surface area contributed by atoms with Crippen LogP contribution in [0.25, 0.3) is 0 Å². The number of aryl methyl sites for hydroxylation is 1. The van der Waals surface area contributed by atoms with E-state index in [9.17, 15) is 9.59 Å². The lowest BCUT2D eigenvalue weighted by atomic mass is 10.0. The Balaban J connectivity index is 1.37. The topological polar surface area (TPSA) is 61.4 Å². The number of nitrogens with zero attached hydrogens (tertiary/aromatic N) is 1. The summed E-state index contributed by atoms with van der Waals surface area (Å²) in [6.07, 6.45) is 1.68. The van der Waals surface area contributed by atoms with E-state index < -0.39 is 0 Å². The van der Waals surface area contributed by atoms with Gasteiger partial charge in [-0.1, -0.05) is 60.2 Å². The fourth-order valence-electron chi connectivity index (χ4n) is 4.28. The highest BCUT2D eigenvalue weighted by Gasteiger charge is 2.24. The number of carbonyl (C=O) groups is 2. The van der Waals surface area contributed by atoms with Gasteiger partial charge in [0.05, 0.1) is 11.6 Å². The fraction of sp³-hybridized carbons (Fsp3) is 0.286. The molecule has 33 heavy (non-hydrogen) atoms. The van der Waals surface area contributed by atoms with Crippen molar-refractivity contribution in [2.45, 2.75) is 38.8 Å². The number of carbonyl (C=O) groups excluding carboxylic acids is 2. The molecule has 2 N–H and O–H groups in total. The minimum atomic E-state index is -0.0746. The quantitative estimate of drug-likeness (QED) is 0.573. The van der Waals surface area contributed by atoms with E-state index in [0.29, 0.717) is 11.1 Å². The zero-order chi connectivity index (χ0) is 23.2. The Hall–Kier alpha value is -3.60. The Morgan fingerprint density at radius 3 is 2.18 bits per heavy atom. The second-order valence-corrected chi connectivity index (χ2v) is 8.72. The molecule has 0 spiro atoms. The molecular formula is C28H31N3O2. The van der Waals surface area contributed by atoms with Crippen LogP contribution in [0.5, 0.6) is 0 Å². The van der Waals surface area contributed by atoms with Crippen LogP contribution in [0.1, 0.15) is 57.7 Å². The Morgan fingerprint density at radius 2 is 1.48 bits per heavy atom. The second kappa shape index (κ2) is 10.3. The highest BCUT2D eigenvalue weighted by molar-refractivity contribution is 6.00. The van der Waals surface area contributed by atoms with Crippen molar-refractivity contribution < 1.29 is 9.59 Å². The monoisotopic (exact) mass is 441 g/mol. The first-order valence-corrected chi connectivity index (χ1v) is 11.6. The van der Waals surface area contributed by atoms with Gasteiger partial charge < -0.3 is 15.5 Å². The molecule has 0 aromatic heterocycles. The molecule has 3 aromatic rings. The molecule has 5 nitrogen and oxygen atoms in total. The Morgan fingerprint density at radius 1 is 0.848 bits per heavy atom. The molecule has 0 aliphatic carbocycles. The van der Waals surface area contributed by atoms with Crippen LogP contribution in [0.4, 0.5) is 5.69 Å². The molecule has 170 valence electrons. The minimum Gasteiger partial charge on any atom is -0.371 e. The molecule has 1 aliphatic rings. The molecular weight excluding hydrogens is 410 g/mol. The fourth-order valence-corrected chi connectivity index (χ4v) is 4.28. The van der Waals surface area contributed by atoms with E-state index in [0.717, 1.165) is 42.7 Å². The first kappa shape index (κ1) is 22.6. The normalized spacial score (nSPS) is 15.0. The van der Waals surface area contributed by atoms with Crippen molar-refractivity contribution in [2.75, 3.05) is 18.0 Å². The van der Waals surface area contributed by atoms with Crippen LogP contribution in [0.15, 0.2) is 78.9 Å². The molecule has 2 amide bonds. The minimum absolute atomic E-state index is 0.0249. The summed E-state index contributed by atoms with van der Waals surface area (Å²) < 4.78 is 0. The van der Waals surface area contributed by atoms with E-state index in [4.69, 9.17) is 0 Å². The van der Waals surface area contributed by atoms with Crippen molar-refractivity contribution in [3.63, 3.8) is 0 Å². The number of para-hydroxylation sites is 1. The van der Waals surface area contributed by atoms with Gasteiger partial charge in [0.2, 0.25) is 0 Å². The van der Waals surface area contributed by atoms with Gasteiger partial charge in [0.25, 0.3) is 11.8 Å². The highest BCUT2D eigenvalue weighted by atomic mass is 16.2. The zero-order valence-corrected chi connectivity index (χ0v) is 19.3. The molecule has 1 unspecified atom stereocenters. The van der Waals surface area contributed by atoms with E-state index in [2.05, 4.69) is 15.5 Å².